The Labute approximate surface area is 133 Å². The lowest BCUT2D eigenvalue weighted by atomic mass is 9.85. The highest BCUT2D eigenvalue weighted by Crippen LogP contribution is 2.37. The molecule has 0 amide bonds. The predicted octanol–water partition coefficient (Wildman–Crippen LogP) is 3.19. The molecular weight excluding hydrogens is 339 g/mol. The van der Waals surface area contributed by atoms with E-state index in [0.29, 0.717) is 10.9 Å². The van der Waals surface area contributed by atoms with Gasteiger partial charge in [-0.25, -0.2) is 8.42 Å². The van der Waals surface area contributed by atoms with Gasteiger partial charge in [0.2, 0.25) is 10.0 Å². The Morgan fingerprint density at radius 1 is 1.40 bits per heavy atom. The van der Waals surface area contributed by atoms with Gasteiger partial charge in [0, 0.05) is 13.1 Å². The van der Waals surface area contributed by atoms with Crippen LogP contribution in [0.1, 0.15) is 25.7 Å². The van der Waals surface area contributed by atoms with E-state index in [0.717, 1.165) is 37.0 Å². The van der Waals surface area contributed by atoms with Crippen molar-refractivity contribution in [3.63, 3.8) is 0 Å². The fourth-order valence-electron chi connectivity index (χ4n) is 2.78. The number of nitrogens with zero attached hydrogens (tertiary/aromatic N) is 1. The molecule has 4 nitrogen and oxygen atoms in total. The van der Waals surface area contributed by atoms with Gasteiger partial charge in [-0.15, -0.1) is 11.3 Å². The Morgan fingerprint density at radius 2 is 2.05 bits per heavy atom. The Bertz CT molecular complexity index is 574. The van der Waals surface area contributed by atoms with E-state index in [4.69, 9.17) is 28.9 Å². The first kappa shape index (κ1) is 16.5. The molecule has 0 bridgehead atoms. The van der Waals surface area contributed by atoms with E-state index in [9.17, 15) is 8.42 Å². The topological polar surface area (TPSA) is 63.4 Å². The van der Waals surface area contributed by atoms with Gasteiger partial charge in [-0.3, -0.25) is 0 Å². The first-order chi connectivity index (χ1) is 9.37. The molecule has 1 aromatic heterocycles. The molecule has 2 unspecified atom stereocenters. The molecule has 0 aromatic carbocycles. The van der Waals surface area contributed by atoms with Gasteiger partial charge in [0.05, 0.1) is 4.34 Å². The SMILES string of the molecule is CN(C1CCCCC1CN)S(=O)(=O)c1cc(Cl)sc1Cl. The van der Waals surface area contributed by atoms with Gasteiger partial charge in [-0.05, 0) is 31.4 Å². The predicted molar refractivity (Wildman–Crippen MR) is 84.1 cm³/mol. The molecule has 1 fully saturated rings. The van der Waals surface area contributed by atoms with E-state index in [2.05, 4.69) is 0 Å². The minimum absolute atomic E-state index is 0.0616. The lowest BCUT2D eigenvalue weighted by Gasteiger charge is -2.36. The number of rotatable bonds is 4. The van der Waals surface area contributed by atoms with Crippen molar-refractivity contribution >= 4 is 44.6 Å². The van der Waals surface area contributed by atoms with Crippen LogP contribution in [0.25, 0.3) is 0 Å². The van der Waals surface area contributed by atoms with E-state index >= 15 is 0 Å². The molecule has 0 aliphatic heterocycles. The van der Waals surface area contributed by atoms with Gasteiger partial charge < -0.3 is 5.73 Å². The number of nitrogens with two attached hydrogens (primary N) is 1. The molecule has 0 saturated heterocycles. The molecule has 2 rings (SSSR count). The van der Waals surface area contributed by atoms with Gasteiger partial charge in [0.1, 0.15) is 9.23 Å². The summed E-state index contributed by atoms with van der Waals surface area (Å²) in [5.41, 5.74) is 5.78. The minimum atomic E-state index is -3.62. The molecule has 1 aliphatic carbocycles. The number of hydrogen-bond acceptors (Lipinski definition) is 4. The van der Waals surface area contributed by atoms with Crippen molar-refractivity contribution in [3.8, 4) is 0 Å². The van der Waals surface area contributed by atoms with Crippen LogP contribution < -0.4 is 5.73 Å². The van der Waals surface area contributed by atoms with E-state index in [1.807, 2.05) is 0 Å². The normalized spacial score (nSPS) is 24.2. The summed E-state index contributed by atoms with van der Waals surface area (Å²) >= 11 is 12.9. The van der Waals surface area contributed by atoms with Gasteiger partial charge in [0.25, 0.3) is 0 Å². The van der Waals surface area contributed by atoms with E-state index < -0.39 is 10.0 Å². The van der Waals surface area contributed by atoms with Gasteiger partial charge in [-0.2, -0.15) is 4.31 Å². The first-order valence-corrected chi connectivity index (χ1v) is 9.52. The molecule has 1 heterocycles. The summed E-state index contributed by atoms with van der Waals surface area (Å²) in [6, 6.07) is 1.36. The lowest BCUT2D eigenvalue weighted by Crippen LogP contribution is -2.45. The second kappa shape index (κ2) is 6.50. The zero-order chi connectivity index (χ0) is 14.9. The number of hydrogen-bond donors (Lipinski definition) is 1. The summed E-state index contributed by atoms with van der Waals surface area (Å²) < 4.78 is 27.4. The Morgan fingerprint density at radius 3 is 2.60 bits per heavy atom. The van der Waals surface area contributed by atoms with Gasteiger partial charge >= 0.3 is 0 Å². The Balaban J connectivity index is 2.31. The second-order valence-electron chi connectivity index (χ2n) is 5.06. The number of sulfonamides is 1. The van der Waals surface area contributed by atoms with Crippen LogP contribution in [0.3, 0.4) is 0 Å². The van der Waals surface area contributed by atoms with Crippen molar-refractivity contribution in [3.05, 3.63) is 14.7 Å². The molecule has 1 saturated carbocycles. The third-order valence-electron chi connectivity index (χ3n) is 3.92. The van der Waals surface area contributed by atoms with Crippen molar-refractivity contribution in [1.82, 2.24) is 4.31 Å². The first-order valence-electron chi connectivity index (χ1n) is 6.51. The maximum absolute atomic E-state index is 12.7. The highest BCUT2D eigenvalue weighted by Gasteiger charge is 2.36. The van der Waals surface area contributed by atoms with Crippen LogP contribution in [0.5, 0.6) is 0 Å². The highest BCUT2D eigenvalue weighted by molar-refractivity contribution is 7.89. The summed E-state index contributed by atoms with van der Waals surface area (Å²) in [6.45, 7) is 0.503. The van der Waals surface area contributed by atoms with Crippen LogP contribution >= 0.6 is 34.5 Å². The fraction of sp³-hybridized carbons (Fsp3) is 0.667. The summed E-state index contributed by atoms with van der Waals surface area (Å²) in [6.07, 6.45) is 3.95. The highest BCUT2D eigenvalue weighted by atomic mass is 35.5. The largest absolute Gasteiger partial charge is 0.330 e. The fourth-order valence-corrected chi connectivity index (χ4v) is 6.33. The number of halogens is 2. The van der Waals surface area contributed by atoms with Crippen LogP contribution in [-0.4, -0.2) is 32.4 Å². The van der Waals surface area contributed by atoms with Crippen LogP contribution in [0.2, 0.25) is 8.67 Å². The molecule has 8 heteroatoms. The third-order valence-corrected chi connectivity index (χ3v) is 7.56. The van der Waals surface area contributed by atoms with Crippen molar-refractivity contribution in [2.45, 2.75) is 36.6 Å². The van der Waals surface area contributed by atoms with E-state index in [1.54, 1.807) is 7.05 Å². The van der Waals surface area contributed by atoms with E-state index in [-0.39, 0.29) is 21.2 Å². The molecule has 0 radical (unpaired) electrons. The summed E-state index contributed by atoms with van der Waals surface area (Å²) in [4.78, 5) is 0.0954. The Kier molecular flexibility index (Phi) is 5.37. The lowest BCUT2D eigenvalue weighted by molar-refractivity contribution is 0.204. The molecule has 0 spiro atoms. The smallest absolute Gasteiger partial charge is 0.245 e. The van der Waals surface area contributed by atoms with Crippen LogP contribution in [-0.2, 0) is 10.0 Å². The van der Waals surface area contributed by atoms with Gasteiger partial charge in [-0.1, -0.05) is 36.0 Å². The van der Waals surface area contributed by atoms with E-state index in [1.165, 1.54) is 10.4 Å². The zero-order valence-electron chi connectivity index (χ0n) is 11.2. The molecule has 1 aromatic rings. The van der Waals surface area contributed by atoms with Crippen LogP contribution in [0.15, 0.2) is 11.0 Å². The molecule has 2 N–H and O–H groups in total. The summed E-state index contributed by atoms with van der Waals surface area (Å²) in [7, 11) is -2.01. The quantitative estimate of drug-likeness (QED) is 0.900. The van der Waals surface area contributed by atoms with Crippen molar-refractivity contribution in [2.24, 2.45) is 11.7 Å². The molecular formula is C12H18Cl2N2O2S2. The standard InChI is InChI=1S/C12H18Cl2N2O2S2/c1-16(9-5-3-2-4-8(9)7-15)20(17,18)10-6-11(13)19-12(10)14/h6,8-9H,2-5,7,15H2,1H3. The third kappa shape index (κ3) is 3.15. The van der Waals surface area contributed by atoms with Crippen LogP contribution in [0, 0.1) is 5.92 Å². The summed E-state index contributed by atoms with van der Waals surface area (Å²) in [5.74, 6) is 0.205. The summed E-state index contributed by atoms with van der Waals surface area (Å²) in [5, 5.41) is 0. The average Bonchev–Trinajstić information content (AvgIpc) is 2.77. The monoisotopic (exact) mass is 356 g/mol. The van der Waals surface area contributed by atoms with Crippen LogP contribution in [0.4, 0.5) is 0 Å². The molecule has 114 valence electrons. The second-order valence-corrected chi connectivity index (χ2v) is 9.31. The molecule has 1 aliphatic rings. The van der Waals surface area contributed by atoms with Gasteiger partial charge in [0.15, 0.2) is 0 Å². The van der Waals surface area contributed by atoms with Crippen molar-refractivity contribution in [2.75, 3.05) is 13.6 Å². The molecule has 20 heavy (non-hydrogen) atoms. The molecule has 2 atom stereocenters. The number of thiophene rings is 1. The zero-order valence-corrected chi connectivity index (χ0v) is 14.3. The van der Waals surface area contributed by atoms with Crippen molar-refractivity contribution in [1.29, 1.82) is 0 Å². The minimum Gasteiger partial charge on any atom is -0.330 e. The Hall–Kier alpha value is 0.150. The average molecular weight is 357 g/mol. The maximum Gasteiger partial charge on any atom is 0.245 e. The maximum atomic E-state index is 12.7. The van der Waals surface area contributed by atoms with Crippen molar-refractivity contribution < 1.29 is 8.42 Å².